The van der Waals surface area contributed by atoms with Gasteiger partial charge in [0.2, 0.25) is 5.91 Å². The van der Waals surface area contributed by atoms with Gasteiger partial charge in [0.15, 0.2) is 0 Å². The van der Waals surface area contributed by atoms with E-state index in [1.165, 1.54) is 16.7 Å². The second-order valence-corrected chi connectivity index (χ2v) is 9.99. The highest BCUT2D eigenvalue weighted by atomic mass is 32.2. The second-order valence-electron chi connectivity index (χ2n) is 8.79. The highest BCUT2D eigenvalue weighted by molar-refractivity contribution is 8.05. The fourth-order valence-electron chi connectivity index (χ4n) is 4.04. The predicted molar refractivity (Wildman–Crippen MR) is 142 cm³/mol. The van der Waals surface area contributed by atoms with E-state index in [0.717, 1.165) is 27.8 Å². The molecular formula is C29H27N3O2S. The molecule has 0 aromatic heterocycles. The van der Waals surface area contributed by atoms with Crippen molar-refractivity contribution in [3.8, 4) is 6.07 Å². The fraction of sp³-hybridized carbons (Fsp3) is 0.207. The molecule has 0 bridgehead atoms. The number of hydrogen-bond donors (Lipinski definition) is 1. The average molecular weight is 482 g/mol. The Bertz CT molecular complexity index is 1390. The lowest BCUT2D eigenvalue weighted by atomic mass is 10.0. The standard InChI is InChI=1S/C29H27N3O2S/c1-18-8-7-11-23(14-18)31-27(33)25(17-30)29-32(24-13-12-19(2)21(4)15-24)28(34)26(35-29)16-22-10-6-5-9-20(22)3/h5-15,26H,16H2,1-4H3,(H,31,33)/b29-25-. The van der Waals surface area contributed by atoms with Gasteiger partial charge in [0, 0.05) is 11.4 Å². The van der Waals surface area contributed by atoms with Crippen LogP contribution in [0.2, 0.25) is 0 Å². The number of carbonyl (C=O) groups is 2. The van der Waals surface area contributed by atoms with Gasteiger partial charge < -0.3 is 5.32 Å². The summed E-state index contributed by atoms with van der Waals surface area (Å²) in [5.41, 5.74) is 6.49. The molecule has 2 amide bonds. The lowest BCUT2D eigenvalue weighted by molar-refractivity contribution is -0.117. The normalized spacial score (nSPS) is 16.7. The smallest absolute Gasteiger partial charge is 0.269 e. The summed E-state index contributed by atoms with van der Waals surface area (Å²) in [5.74, 6) is -0.661. The third-order valence-electron chi connectivity index (χ3n) is 6.20. The first-order valence-electron chi connectivity index (χ1n) is 11.4. The van der Waals surface area contributed by atoms with Crippen LogP contribution in [0.1, 0.15) is 27.8 Å². The van der Waals surface area contributed by atoms with Gasteiger partial charge in [-0.05, 0) is 86.2 Å². The van der Waals surface area contributed by atoms with Gasteiger partial charge in [-0.25, -0.2) is 0 Å². The minimum atomic E-state index is -0.529. The molecule has 0 radical (unpaired) electrons. The SMILES string of the molecule is Cc1cccc(NC(=O)/C(C#N)=C2\SC(Cc3ccccc3C)C(=O)N2c2ccc(C)c(C)c2)c1. The van der Waals surface area contributed by atoms with Crippen molar-refractivity contribution in [2.75, 3.05) is 10.2 Å². The molecule has 1 N–H and O–H groups in total. The van der Waals surface area contributed by atoms with Crippen molar-refractivity contribution in [2.45, 2.75) is 39.4 Å². The summed E-state index contributed by atoms with van der Waals surface area (Å²) < 4.78 is 0. The van der Waals surface area contributed by atoms with Gasteiger partial charge in [0.05, 0.1) is 5.25 Å². The molecule has 1 aliphatic heterocycles. The van der Waals surface area contributed by atoms with E-state index >= 15 is 0 Å². The summed E-state index contributed by atoms with van der Waals surface area (Å²) in [5, 5.41) is 12.8. The van der Waals surface area contributed by atoms with E-state index in [2.05, 4.69) is 11.4 Å². The number of amides is 2. The minimum Gasteiger partial charge on any atom is -0.321 e. The van der Waals surface area contributed by atoms with Crippen LogP contribution >= 0.6 is 11.8 Å². The Morgan fingerprint density at radius 3 is 2.43 bits per heavy atom. The van der Waals surface area contributed by atoms with Crippen LogP contribution in [-0.2, 0) is 16.0 Å². The third kappa shape index (κ3) is 5.16. The zero-order valence-corrected chi connectivity index (χ0v) is 21.1. The first-order chi connectivity index (χ1) is 16.8. The van der Waals surface area contributed by atoms with Crippen molar-refractivity contribution in [1.29, 1.82) is 5.26 Å². The number of nitriles is 1. The van der Waals surface area contributed by atoms with E-state index < -0.39 is 11.2 Å². The van der Waals surface area contributed by atoms with Crippen LogP contribution in [0.15, 0.2) is 77.3 Å². The van der Waals surface area contributed by atoms with Crippen LogP contribution in [0.5, 0.6) is 0 Å². The molecule has 1 unspecified atom stereocenters. The Kier molecular flexibility index (Phi) is 7.09. The van der Waals surface area contributed by atoms with Crippen molar-refractivity contribution in [1.82, 2.24) is 0 Å². The number of rotatable bonds is 5. The van der Waals surface area contributed by atoms with Crippen molar-refractivity contribution in [3.63, 3.8) is 0 Å². The van der Waals surface area contributed by atoms with E-state index in [9.17, 15) is 14.9 Å². The van der Waals surface area contributed by atoms with E-state index in [1.807, 2.05) is 88.4 Å². The largest absolute Gasteiger partial charge is 0.321 e. The molecule has 176 valence electrons. The quantitative estimate of drug-likeness (QED) is 0.359. The summed E-state index contributed by atoms with van der Waals surface area (Å²) >= 11 is 1.28. The lowest BCUT2D eigenvalue weighted by Crippen LogP contribution is -2.31. The lowest BCUT2D eigenvalue weighted by Gasteiger charge is -2.20. The molecule has 1 fully saturated rings. The second kappa shape index (κ2) is 10.2. The number of anilines is 2. The van der Waals surface area contributed by atoms with Gasteiger partial charge in [0.1, 0.15) is 16.7 Å². The van der Waals surface area contributed by atoms with Gasteiger partial charge >= 0.3 is 0 Å². The summed E-state index contributed by atoms with van der Waals surface area (Å²) in [6.07, 6.45) is 0.513. The topological polar surface area (TPSA) is 73.2 Å². The number of benzene rings is 3. The monoisotopic (exact) mass is 481 g/mol. The van der Waals surface area contributed by atoms with Crippen LogP contribution in [-0.4, -0.2) is 17.1 Å². The van der Waals surface area contributed by atoms with Crippen LogP contribution in [0.4, 0.5) is 11.4 Å². The molecule has 3 aromatic rings. The zero-order valence-electron chi connectivity index (χ0n) is 20.3. The van der Waals surface area contributed by atoms with E-state index in [-0.39, 0.29) is 11.5 Å². The molecule has 0 saturated carbocycles. The molecule has 0 spiro atoms. The predicted octanol–water partition coefficient (Wildman–Crippen LogP) is 5.99. The van der Waals surface area contributed by atoms with Crippen LogP contribution in [0, 0.1) is 39.0 Å². The van der Waals surface area contributed by atoms with Crippen molar-refractivity contribution in [2.24, 2.45) is 0 Å². The molecule has 1 atom stereocenters. The minimum absolute atomic E-state index is 0.0737. The molecule has 0 aliphatic carbocycles. The van der Waals surface area contributed by atoms with Crippen molar-refractivity contribution < 1.29 is 9.59 Å². The zero-order chi connectivity index (χ0) is 25.1. The molecule has 6 heteroatoms. The Labute approximate surface area is 210 Å². The van der Waals surface area contributed by atoms with Gasteiger partial charge in [0.25, 0.3) is 5.91 Å². The molecule has 35 heavy (non-hydrogen) atoms. The number of hydrogen-bond acceptors (Lipinski definition) is 4. The number of carbonyl (C=O) groups excluding carboxylic acids is 2. The van der Waals surface area contributed by atoms with Crippen LogP contribution < -0.4 is 10.2 Å². The van der Waals surface area contributed by atoms with Gasteiger partial charge in [-0.3, -0.25) is 14.5 Å². The molecule has 5 nitrogen and oxygen atoms in total. The Morgan fingerprint density at radius 2 is 1.74 bits per heavy atom. The number of nitrogens with zero attached hydrogens (tertiary/aromatic N) is 2. The molecular weight excluding hydrogens is 454 g/mol. The van der Waals surface area contributed by atoms with Gasteiger partial charge in [-0.1, -0.05) is 54.2 Å². The maximum Gasteiger partial charge on any atom is 0.269 e. The maximum absolute atomic E-state index is 13.7. The molecule has 4 rings (SSSR count). The fourth-order valence-corrected chi connectivity index (χ4v) is 5.34. The highest BCUT2D eigenvalue weighted by Crippen LogP contribution is 2.42. The highest BCUT2D eigenvalue weighted by Gasteiger charge is 2.41. The number of thioether (sulfide) groups is 1. The molecule has 1 aliphatic rings. The molecule has 3 aromatic carbocycles. The molecule has 1 heterocycles. The Balaban J connectivity index is 1.76. The van der Waals surface area contributed by atoms with Gasteiger partial charge in [-0.2, -0.15) is 5.26 Å². The van der Waals surface area contributed by atoms with Crippen molar-refractivity contribution >= 4 is 35.0 Å². The van der Waals surface area contributed by atoms with E-state index in [4.69, 9.17) is 0 Å². The summed E-state index contributed by atoms with van der Waals surface area (Å²) in [6, 6.07) is 23.2. The van der Waals surface area contributed by atoms with E-state index in [1.54, 1.807) is 6.07 Å². The summed E-state index contributed by atoms with van der Waals surface area (Å²) in [7, 11) is 0. The summed E-state index contributed by atoms with van der Waals surface area (Å²) in [4.78, 5) is 28.5. The third-order valence-corrected chi connectivity index (χ3v) is 7.46. The van der Waals surface area contributed by atoms with Gasteiger partial charge in [-0.15, -0.1) is 0 Å². The number of nitrogens with one attached hydrogen (secondary N) is 1. The number of aryl methyl sites for hydroxylation is 4. The Morgan fingerprint density at radius 1 is 0.971 bits per heavy atom. The van der Waals surface area contributed by atoms with Crippen molar-refractivity contribution in [3.05, 3.63) is 105 Å². The first-order valence-corrected chi connectivity index (χ1v) is 12.3. The Hall–Kier alpha value is -3.82. The maximum atomic E-state index is 13.7. The summed E-state index contributed by atoms with van der Waals surface area (Å²) in [6.45, 7) is 7.94. The molecule has 1 saturated heterocycles. The average Bonchev–Trinajstić information content (AvgIpc) is 3.13. The van der Waals surface area contributed by atoms with Crippen LogP contribution in [0.3, 0.4) is 0 Å². The van der Waals surface area contributed by atoms with E-state index in [0.29, 0.717) is 22.8 Å². The first kappa shape index (κ1) is 24.3. The van der Waals surface area contributed by atoms with Crippen LogP contribution in [0.25, 0.3) is 0 Å².